The molecular weight excluding hydrogens is 214 g/mol. The molecule has 0 bridgehead atoms. The number of amides is 1. The van der Waals surface area contributed by atoms with Gasteiger partial charge < -0.3 is 16.8 Å². The van der Waals surface area contributed by atoms with E-state index >= 15 is 0 Å². The van der Waals surface area contributed by atoms with Crippen molar-refractivity contribution in [2.45, 2.75) is 38.1 Å². The Kier molecular flexibility index (Phi) is 2.96. The van der Waals surface area contributed by atoms with E-state index in [-0.39, 0.29) is 5.54 Å². The van der Waals surface area contributed by atoms with Gasteiger partial charge in [-0.05, 0) is 43.9 Å². The Morgan fingerprint density at radius 3 is 2.65 bits per heavy atom. The Labute approximate surface area is 101 Å². The minimum Gasteiger partial charge on any atom is -0.398 e. The van der Waals surface area contributed by atoms with Crippen molar-refractivity contribution in [1.82, 2.24) is 0 Å². The summed E-state index contributed by atoms with van der Waals surface area (Å²) in [7, 11) is 0. The molecule has 5 N–H and O–H groups in total. The van der Waals surface area contributed by atoms with Gasteiger partial charge in [0.15, 0.2) is 0 Å². The van der Waals surface area contributed by atoms with Crippen LogP contribution in [0.2, 0.25) is 0 Å². The lowest BCUT2D eigenvalue weighted by Crippen LogP contribution is -2.44. The fourth-order valence-electron chi connectivity index (χ4n) is 2.32. The first-order valence-electron chi connectivity index (χ1n) is 6.04. The zero-order valence-electron chi connectivity index (χ0n) is 10.1. The number of carbonyl (C=O) groups excluding carboxylic acids is 1. The second-order valence-corrected chi connectivity index (χ2v) is 4.78. The zero-order valence-corrected chi connectivity index (χ0v) is 10.1. The Balaban J connectivity index is 2.22. The molecule has 0 atom stereocenters. The average Bonchev–Trinajstić information content (AvgIpc) is 2.25. The van der Waals surface area contributed by atoms with Gasteiger partial charge in [-0.25, -0.2) is 0 Å². The lowest BCUT2D eigenvalue weighted by molar-refractivity contribution is 0.100. The maximum Gasteiger partial charge on any atom is 0.250 e. The summed E-state index contributed by atoms with van der Waals surface area (Å²) in [6.45, 7) is 2.18. The SMILES string of the molecule is CCC1(Nc2ccc(N)c(C(N)=O)c2)CCC1. The standard InChI is InChI=1S/C13H19N3O/c1-2-13(6-3-7-13)16-9-4-5-11(14)10(8-9)12(15)17/h4-5,8,16H,2-3,6-7,14H2,1H3,(H2,15,17). The highest BCUT2D eigenvalue weighted by atomic mass is 16.1. The fourth-order valence-corrected chi connectivity index (χ4v) is 2.32. The second kappa shape index (κ2) is 4.28. The molecule has 1 aromatic rings. The molecule has 2 rings (SSSR count). The maximum atomic E-state index is 11.2. The first-order chi connectivity index (χ1) is 8.06. The van der Waals surface area contributed by atoms with Crippen molar-refractivity contribution in [1.29, 1.82) is 0 Å². The molecule has 0 heterocycles. The minimum atomic E-state index is -0.481. The summed E-state index contributed by atoms with van der Waals surface area (Å²) >= 11 is 0. The van der Waals surface area contributed by atoms with E-state index in [0.29, 0.717) is 11.3 Å². The van der Waals surface area contributed by atoms with Crippen LogP contribution >= 0.6 is 0 Å². The molecule has 0 radical (unpaired) electrons. The van der Waals surface area contributed by atoms with Gasteiger partial charge in [-0.3, -0.25) is 4.79 Å². The third-order valence-electron chi connectivity index (χ3n) is 3.72. The third-order valence-corrected chi connectivity index (χ3v) is 3.72. The lowest BCUT2D eigenvalue weighted by Gasteiger charge is -2.43. The normalized spacial score (nSPS) is 17.2. The van der Waals surface area contributed by atoms with Crippen molar-refractivity contribution in [3.8, 4) is 0 Å². The molecule has 4 nitrogen and oxygen atoms in total. The molecule has 0 aliphatic heterocycles. The van der Waals surface area contributed by atoms with E-state index < -0.39 is 5.91 Å². The van der Waals surface area contributed by atoms with E-state index in [1.807, 2.05) is 6.07 Å². The number of benzene rings is 1. The van der Waals surface area contributed by atoms with Gasteiger partial charge in [0.1, 0.15) is 0 Å². The molecule has 1 saturated carbocycles. The largest absolute Gasteiger partial charge is 0.398 e. The highest BCUT2D eigenvalue weighted by Crippen LogP contribution is 2.38. The van der Waals surface area contributed by atoms with Crippen molar-refractivity contribution in [3.63, 3.8) is 0 Å². The van der Waals surface area contributed by atoms with Gasteiger partial charge in [-0.1, -0.05) is 6.92 Å². The van der Waals surface area contributed by atoms with E-state index in [9.17, 15) is 4.79 Å². The van der Waals surface area contributed by atoms with Crippen molar-refractivity contribution < 1.29 is 4.79 Å². The maximum absolute atomic E-state index is 11.2. The molecule has 1 aliphatic carbocycles. The molecule has 0 unspecified atom stereocenters. The van der Waals surface area contributed by atoms with E-state index in [4.69, 9.17) is 11.5 Å². The summed E-state index contributed by atoms with van der Waals surface area (Å²) in [6.07, 6.45) is 4.71. The number of nitrogens with two attached hydrogens (primary N) is 2. The third kappa shape index (κ3) is 2.20. The van der Waals surface area contributed by atoms with Gasteiger partial charge in [-0.15, -0.1) is 0 Å². The number of primary amides is 1. The fraction of sp³-hybridized carbons (Fsp3) is 0.462. The van der Waals surface area contributed by atoms with Crippen LogP contribution in [0.4, 0.5) is 11.4 Å². The van der Waals surface area contributed by atoms with Crippen LogP contribution in [-0.4, -0.2) is 11.4 Å². The quantitative estimate of drug-likeness (QED) is 0.697. The number of carbonyl (C=O) groups is 1. The molecule has 17 heavy (non-hydrogen) atoms. The number of anilines is 2. The summed E-state index contributed by atoms with van der Waals surface area (Å²) in [5, 5.41) is 3.50. The lowest BCUT2D eigenvalue weighted by atomic mass is 9.74. The molecule has 0 saturated heterocycles. The van der Waals surface area contributed by atoms with Crippen LogP contribution in [0.3, 0.4) is 0 Å². The average molecular weight is 233 g/mol. The van der Waals surface area contributed by atoms with Crippen LogP contribution in [0.1, 0.15) is 43.0 Å². The van der Waals surface area contributed by atoms with Crippen molar-refractivity contribution >= 4 is 17.3 Å². The predicted octanol–water partition coefficient (Wildman–Crippen LogP) is 2.11. The minimum absolute atomic E-state index is 0.199. The highest BCUT2D eigenvalue weighted by molar-refractivity contribution is 5.99. The number of rotatable bonds is 4. The Morgan fingerprint density at radius 1 is 1.47 bits per heavy atom. The van der Waals surface area contributed by atoms with Crippen LogP contribution in [0.15, 0.2) is 18.2 Å². The number of hydrogen-bond acceptors (Lipinski definition) is 3. The molecule has 1 fully saturated rings. The number of nitrogen functional groups attached to an aromatic ring is 1. The smallest absolute Gasteiger partial charge is 0.250 e. The summed E-state index contributed by atoms with van der Waals surface area (Å²) in [5.41, 5.74) is 12.9. The van der Waals surface area contributed by atoms with Crippen molar-refractivity contribution in [2.75, 3.05) is 11.1 Å². The monoisotopic (exact) mass is 233 g/mol. The van der Waals surface area contributed by atoms with Crippen LogP contribution in [0.25, 0.3) is 0 Å². The molecule has 4 heteroatoms. The van der Waals surface area contributed by atoms with Crippen molar-refractivity contribution in [2.24, 2.45) is 5.73 Å². The zero-order chi connectivity index (χ0) is 12.5. The first kappa shape index (κ1) is 11.8. The van der Waals surface area contributed by atoms with Gasteiger partial charge in [0.05, 0.1) is 5.56 Å². The number of hydrogen-bond donors (Lipinski definition) is 3. The molecule has 1 amide bonds. The molecule has 1 aromatic carbocycles. The molecular formula is C13H19N3O. The highest BCUT2D eigenvalue weighted by Gasteiger charge is 2.34. The predicted molar refractivity (Wildman–Crippen MR) is 69.9 cm³/mol. The molecule has 92 valence electrons. The summed E-state index contributed by atoms with van der Waals surface area (Å²) in [4.78, 5) is 11.2. The van der Waals surface area contributed by atoms with E-state index in [2.05, 4.69) is 12.2 Å². The van der Waals surface area contributed by atoms with Crippen LogP contribution in [0.5, 0.6) is 0 Å². The topological polar surface area (TPSA) is 81.1 Å². The summed E-state index contributed by atoms with van der Waals surface area (Å²) in [5.74, 6) is -0.481. The van der Waals surface area contributed by atoms with Gasteiger partial charge in [0.2, 0.25) is 0 Å². The van der Waals surface area contributed by atoms with E-state index in [0.717, 1.165) is 12.1 Å². The van der Waals surface area contributed by atoms with Gasteiger partial charge in [0.25, 0.3) is 5.91 Å². The molecule has 0 spiro atoms. The summed E-state index contributed by atoms with van der Waals surface area (Å²) < 4.78 is 0. The van der Waals surface area contributed by atoms with Crippen molar-refractivity contribution in [3.05, 3.63) is 23.8 Å². The summed E-state index contributed by atoms with van der Waals surface area (Å²) in [6, 6.07) is 5.37. The van der Waals surface area contributed by atoms with Crippen LogP contribution < -0.4 is 16.8 Å². The number of nitrogens with one attached hydrogen (secondary N) is 1. The Morgan fingerprint density at radius 2 is 2.18 bits per heavy atom. The van der Waals surface area contributed by atoms with E-state index in [1.54, 1.807) is 12.1 Å². The van der Waals surface area contributed by atoms with Gasteiger partial charge in [0, 0.05) is 16.9 Å². The van der Waals surface area contributed by atoms with Gasteiger partial charge in [-0.2, -0.15) is 0 Å². The first-order valence-corrected chi connectivity index (χ1v) is 6.04. The molecule has 0 aromatic heterocycles. The Hall–Kier alpha value is -1.71. The second-order valence-electron chi connectivity index (χ2n) is 4.78. The molecule has 1 aliphatic rings. The van der Waals surface area contributed by atoms with Gasteiger partial charge >= 0.3 is 0 Å². The van der Waals surface area contributed by atoms with Crippen LogP contribution in [-0.2, 0) is 0 Å². The van der Waals surface area contributed by atoms with E-state index in [1.165, 1.54) is 19.3 Å². The van der Waals surface area contributed by atoms with Crippen LogP contribution in [0, 0.1) is 0 Å². The Bertz CT molecular complexity index is 433.